The highest BCUT2D eigenvalue weighted by Gasteiger charge is 2.19. The second kappa shape index (κ2) is 9.67. The number of hydrogen-bond acceptors (Lipinski definition) is 4. The van der Waals surface area contributed by atoms with Gasteiger partial charge in [-0.2, -0.15) is 0 Å². The molecule has 0 radical (unpaired) electrons. The number of benzene rings is 3. The molecule has 0 aliphatic carbocycles. The summed E-state index contributed by atoms with van der Waals surface area (Å²) in [5, 5.41) is 11.9. The standard InChI is InChI=1S/C24H20BrFN4OS/c1-15-7-10-18(11-8-15)30-23(19-5-3-4-6-21(19)26)28-29-24(30)32-14-22(31)27-17-9-12-20(25)16(2)13-17/h3-13H,14H2,1-2H3,(H,27,31). The molecule has 4 rings (SSSR count). The maximum Gasteiger partial charge on any atom is 0.234 e. The predicted molar refractivity (Wildman–Crippen MR) is 130 cm³/mol. The van der Waals surface area contributed by atoms with Gasteiger partial charge in [0.1, 0.15) is 5.82 Å². The zero-order valence-electron chi connectivity index (χ0n) is 17.5. The minimum atomic E-state index is -0.381. The van der Waals surface area contributed by atoms with E-state index >= 15 is 0 Å². The zero-order chi connectivity index (χ0) is 22.7. The van der Waals surface area contributed by atoms with Gasteiger partial charge in [-0.3, -0.25) is 9.36 Å². The molecule has 162 valence electrons. The van der Waals surface area contributed by atoms with E-state index in [-0.39, 0.29) is 17.5 Å². The van der Waals surface area contributed by atoms with Gasteiger partial charge in [0.15, 0.2) is 11.0 Å². The molecule has 0 bridgehead atoms. The van der Waals surface area contributed by atoms with Crippen molar-refractivity contribution in [2.45, 2.75) is 19.0 Å². The smallest absolute Gasteiger partial charge is 0.234 e. The molecule has 0 spiro atoms. The number of rotatable bonds is 6. The second-order valence-electron chi connectivity index (χ2n) is 7.26. The number of carbonyl (C=O) groups excluding carboxylic acids is 1. The molecule has 4 aromatic rings. The first-order valence-electron chi connectivity index (χ1n) is 9.88. The Hall–Kier alpha value is -2.97. The Kier molecular flexibility index (Phi) is 6.72. The summed E-state index contributed by atoms with van der Waals surface area (Å²) in [5.41, 5.74) is 4.01. The molecule has 32 heavy (non-hydrogen) atoms. The fraction of sp³-hybridized carbons (Fsp3) is 0.125. The first-order chi connectivity index (χ1) is 15.4. The Morgan fingerprint density at radius 2 is 1.81 bits per heavy atom. The molecule has 0 atom stereocenters. The second-order valence-corrected chi connectivity index (χ2v) is 9.05. The van der Waals surface area contributed by atoms with Crippen LogP contribution in [0, 0.1) is 19.7 Å². The summed E-state index contributed by atoms with van der Waals surface area (Å²) in [6, 6.07) is 19.9. The summed E-state index contributed by atoms with van der Waals surface area (Å²) in [4.78, 5) is 12.5. The van der Waals surface area contributed by atoms with Crippen LogP contribution in [0.1, 0.15) is 11.1 Å². The van der Waals surface area contributed by atoms with Gasteiger partial charge in [0.05, 0.1) is 11.3 Å². The number of aryl methyl sites for hydroxylation is 2. The van der Waals surface area contributed by atoms with Gasteiger partial charge < -0.3 is 5.32 Å². The van der Waals surface area contributed by atoms with Crippen LogP contribution in [-0.2, 0) is 4.79 Å². The van der Waals surface area contributed by atoms with Crippen molar-refractivity contribution in [1.82, 2.24) is 14.8 Å². The molecule has 0 saturated heterocycles. The van der Waals surface area contributed by atoms with E-state index in [4.69, 9.17) is 0 Å². The van der Waals surface area contributed by atoms with Gasteiger partial charge in [0.25, 0.3) is 0 Å². The summed E-state index contributed by atoms with van der Waals surface area (Å²) in [6.45, 7) is 3.96. The summed E-state index contributed by atoms with van der Waals surface area (Å²) in [5.74, 6) is -0.0229. The van der Waals surface area contributed by atoms with E-state index in [1.807, 2.05) is 56.3 Å². The summed E-state index contributed by atoms with van der Waals surface area (Å²) in [6.07, 6.45) is 0. The van der Waals surface area contributed by atoms with Crippen molar-refractivity contribution in [3.8, 4) is 17.1 Å². The van der Waals surface area contributed by atoms with Gasteiger partial charge in [-0.25, -0.2) is 4.39 Å². The molecule has 1 amide bonds. The third-order valence-electron chi connectivity index (χ3n) is 4.81. The molecule has 8 heteroatoms. The highest BCUT2D eigenvalue weighted by atomic mass is 79.9. The average Bonchev–Trinajstić information content (AvgIpc) is 3.19. The minimum absolute atomic E-state index is 0.135. The number of aromatic nitrogens is 3. The molecule has 0 aliphatic rings. The molecule has 1 aromatic heterocycles. The summed E-state index contributed by atoms with van der Waals surface area (Å²) in [7, 11) is 0. The van der Waals surface area contributed by atoms with Crippen LogP contribution in [0.25, 0.3) is 17.1 Å². The van der Waals surface area contributed by atoms with Crippen molar-refractivity contribution in [2.24, 2.45) is 0 Å². The van der Waals surface area contributed by atoms with E-state index in [1.54, 1.807) is 22.8 Å². The maximum atomic E-state index is 14.5. The number of nitrogens with zero attached hydrogens (tertiary/aromatic N) is 3. The fourth-order valence-corrected chi connectivity index (χ4v) is 4.16. The van der Waals surface area contributed by atoms with E-state index in [1.165, 1.54) is 17.8 Å². The molecule has 0 fully saturated rings. The van der Waals surface area contributed by atoms with Crippen LogP contribution in [0.2, 0.25) is 0 Å². The number of carbonyl (C=O) groups is 1. The summed E-state index contributed by atoms with van der Waals surface area (Å²) < 4.78 is 17.3. The van der Waals surface area contributed by atoms with Crippen molar-refractivity contribution < 1.29 is 9.18 Å². The van der Waals surface area contributed by atoms with Crippen LogP contribution < -0.4 is 5.32 Å². The lowest BCUT2D eigenvalue weighted by molar-refractivity contribution is -0.113. The third kappa shape index (κ3) is 4.92. The van der Waals surface area contributed by atoms with Crippen molar-refractivity contribution in [3.05, 3.63) is 88.1 Å². The summed E-state index contributed by atoms with van der Waals surface area (Å²) >= 11 is 4.70. The Bertz CT molecular complexity index is 1270. The van der Waals surface area contributed by atoms with Crippen LogP contribution >= 0.6 is 27.7 Å². The van der Waals surface area contributed by atoms with Gasteiger partial charge in [-0.05, 0) is 61.9 Å². The molecule has 3 aromatic carbocycles. The topological polar surface area (TPSA) is 59.8 Å². The van der Waals surface area contributed by atoms with E-state index < -0.39 is 0 Å². The van der Waals surface area contributed by atoms with Gasteiger partial charge in [0.2, 0.25) is 5.91 Å². The first kappa shape index (κ1) is 22.2. The minimum Gasteiger partial charge on any atom is -0.325 e. The highest BCUT2D eigenvalue weighted by Crippen LogP contribution is 2.29. The van der Waals surface area contributed by atoms with Crippen molar-refractivity contribution in [3.63, 3.8) is 0 Å². The van der Waals surface area contributed by atoms with Gasteiger partial charge in [-0.1, -0.05) is 57.5 Å². The lowest BCUT2D eigenvalue weighted by Gasteiger charge is -2.11. The Labute approximate surface area is 198 Å². The van der Waals surface area contributed by atoms with Gasteiger partial charge in [-0.15, -0.1) is 10.2 Å². The molecule has 0 unspecified atom stereocenters. The van der Waals surface area contributed by atoms with Gasteiger partial charge in [0, 0.05) is 15.8 Å². The number of halogens is 2. The lowest BCUT2D eigenvalue weighted by Crippen LogP contribution is -2.14. The van der Waals surface area contributed by atoms with Crippen molar-refractivity contribution in [2.75, 3.05) is 11.1 Å². The number of hydrogen-bond donors (Lipinski definition) is 1. The quantitative estimate of drug-likeness (QED) is 0.314. The molecular weight excluding hydrogens is 491 g/mol. The largest absolute Gasteiger partial charge is 0.325 e. The zero-order valence-corrected chi connectivity index (χ0v) is 19.9. The Balaban J connectivity index is 1.61. The van der Waals surface area contributed by atoms with Crippen LogP contribution in [0.5, 0.6) is 0 Å². The average molecular weight is 511 g/mol. The number of amides is 1. The molecule has 0 saturated carbocycles. The first-order valence-corrected chi connectivity index (χ1v) is 11.7. The van der Waals surface area contributed by atoms with Crippen LogP contribution in [0.15, 0.2) is 76.4 Å². The normalized spacial score (nSPS) is 10.9. The van der Waals surface area contributed by atoms with E-state index in [0.717, 1.165) is 27.0 Å². The number of anilines is 1. The van der Waals surface area contributed by atoms with Crippen LogP contribution in [0.3, 0.4) is 0 Å². The molecule has 1 N–H and O–H groups in total. The van der Waals surface area contributed by atoms with E-state index in [2.05, 4.69) is 31.4 Å². The fourth-order valence-electron chi connectivity index (χ4n) is 3.16. The molecule has 5 nitrogen and oxygen atoms in total. The third-order valence-corrected chi connectivity index (χ3v) is 6.63. The Morgan fingerprint density at radius 3 is 2.53 bits per heavy atom. The highest BCUT2D eigenvalue weighted by molar-refractivity contribution is 9.10. The predicted octanol–water partition coefficient (Wildman–Crippen LogP) is 6.18. The van der Waals surface area contributed by atoms with Gasteiger partial charge >= 0.3 is 0 Å². The monoisotopic (exact) mass is 510 g/mol. The molecular formula is C24H20BrFN4OS. The lowest BCUT2D eigenvalue weighted by atomic mass is 10.2. The van der Waals surface area contributed by atoms with Crippen LogP contribution in [-0.4, -0.2) is 26.4 Å². The molecule has 0 aliphatic heterocycles. The molecule has 1 heterocycles. The van der Waals surface area contributed by atoms with E-state index in [9.17, 15) is 9.18 Å². The number of thioether (sulfide) groups is 1. The van der Waals surface area contributed by atoms with Crippen molar-refractivity contribution in [1.29, 1.82) is 0 Å². The van der Waals surface area contributed by atoms with Crippen molar-refractivity contribution >= 4 is 39.3 Å². The van der Waals surface area contributed by atoms with E-state index in [0.29, 0.717) is 16.5 Å². The maximum absolute atomic E-state index is 14.5. The number of nitrogens with one attached hydrogen (secondary N) is 1. The van der Waals surface area contributed by atoms with Crippen LogP contribution in [0.4, 0.5) is 10.1 Å². The SMILES string of the molecule is Cc1ccc(-n2c(SCC(=O)Nc3ccc(Br)c(C)c3)nnc2-c2ccccc2F)cc1. The Morgan fingerprint density at radius 1 is 1.06 bits per heavy atom.